The van der Waals surface area contributed by atoms with E-state index in [1.54, 1.807) is 24.3 Å². The fourth-order valence-electron chi connectivity index (χ4n) is 2.57. The first-order valence-corrected chi connectivity index (χ1v) is 9.21. The topological polar surface area (TPSA) is 86.5 Å². The lowest BCUT2D eigenvalue weighted by atomic mass is 9.96. The summed E-state index contributed by atoms with van der Waals surface area (Å²) in [6.07, 6.45) is 0. The molecule has 1 heterocycles. The van der Waals surface area contributed by atoms with E-state index in [1.807, 2.05) is 0 Å². The average molecular weight is 430 g/mol. The van der Waals surface area contributed by atoms with E-state index < -0.39 is 32.5 Å². The summed E-state index contributed by atoms with van der Waals surface area (Å²) in [4.78, 5) is 10.9. The van der Waals surface area contributed by atoms with Crippen molar-refractivity contribution < 1.29 is 26.7 Å². The largest absolute Gasteiger partial charge is 0.457 e. The van der Waals surface area contributed by atoms with Crippen LogP contribution in [0.4, 0.5) is 8.78 Å². The quantitative estimate of drug-likeness (QED) is 0.759. The van der Waals surface area contributed by atoms with Crippen molar-refractivity contribution in [2.75, 3.05) is 6.61 Å². The zero-order valence-corrected chi connectivity index (χ0v) is 14.8. The van der Waals surface area contributed by atoms with Gasteiger partial charge in [-0.05, 0) is 35.4 Å². The molecule has 1 aliphatic rings. The summed E-state index contributed by atoms with van der Waals surface area (Å²) in [6, 6.07) is 8.40. The van der Waals surface area contributed by atoms with Crippen LogP contribution in [0.15, 0.2) is 45.8 Å². The molecule has 25 heavy (non-hydrogen) atoms. The third-order valence-corrected chi connectivity index (χ3v) is 5.05. The van der Waals surface area contributed by atoms with Gasteiger partial charge in [0.15, 0.2) is 4.90 Å². The van der Waals surface area contributed by atoms with Gasteiger partial charge in [-0.3, -0.25) is 0 Å². The molecule has 0 aliphatic carbocycles. The maximum Gasteiger partial charge on any atom is 0.339 e. The Kier molecular flexibility index (Phi) is 4.48. The van der Waals surface area contributed by atoms with Crippen LogP contribution in [0.2, 0.25) is 0 Å². The molecule has 0 spiro atoms. The minimum atomic E-state index is -4.56. The predicted molar refractivity (Wildman–Crippen MR) is 89.6 cm³/mol. The third kappa shape index (κ3) is 3.35. The molecule has 0 saturated heterocycles. The summed E-state index contributed by atoms with van der Waals surface area (Å²) >= 11 is 3.28. The number of sulfonamides is 1. The van der Waals surface area contributed by atoms with Crippen LogP contribution in [0.3, 0.4) is 0 Å². The number of rotatable bonds is 3. The minimum absolute atomic E-state index is 0.00299. The summed E-state index contributed by atoms with van der Waals surface area (Å²) in [5.74, 6) is -3.31. The number of benzene rings is 2. The molecule has 130 valence electrons. The second-order valence-corrected chi connectivity index (χ2v) is 7.67. The summed E-state index contributed by atoms with van der Waals surface area (Å²) in [6.45, 7) is -0.186. The summed E-state index contributed by atoms with van der Waals surface area (Å²) in [5.41, 5.74) is 0.914. The number of primary sulfonamides is 1. The van der Waals surface area contributed by atoms with Gasteiger partial charge in [0.25, 0.3) is 0 Å². The number of ether oxygens (including phenoxy) is 1. The fourth-order valence-corrected chi connectivity index (χ4v) is 3.64. The van der Waals surface area contributed by atoms with Crippen molar-refractivity contribution in [3.8, 4) is 0 Å². The van der Waals surface area contributed by atoms with Crippen LogP contribution >= 0.6 is 15.9 Å². The Labute approximate surface area is 150 Å². The van der Waals surface area contributed by atoms with Gasteiger partial charge in [-0.2, -0.15) is 0 Å². The molecule has 2 aromatic carbocycles. The lowest BCUT2D eigenvalue weighted by Gasteiger charge is -2.08. The number of carbonyl (C=O) groups excluding carboxylic acids is 1. The zero-order valence-electron chi connectivity index (χ0n) is 12.4. The second kappa shape index (κ2) is 6.32. The van der Waals surface area contributed by atoms with E-state index in [0.29, 0.717) is 10.0 Å². The van der Waals surface area contributed by atoms with Gasteiger partial charge in [0.1, 0.15) is 18.2 Å². The Morgan fingerprint density at radius 2 is 1.72 bits per heavy atom. The maximum absolute atomic E-state index is 14.1. The summed E-state index contributed by atoms with van der Waals surface area (Å²) in [5, 5.41) is 4.82. The highest BCUT2D eigenvalue weighted by Crippen LogP contribution is 2.35. The van der Waals surface area contributed by atoms with Crippen LogP contribution in [0.25, 0.3) is 11.1 Å². The number of cyclic esters (lactones) is 1. The zero-order chi connectivity index (χ0) is 18.4. The van der Waals surface area contributed by atoms with Crippen molar-refractivity contribution in [2.24, 2.45) is 5.14 Å². The highest BCUT2D eigenvalue weighted by atomic mass is 79.9. The van der Waals surface area contributed by atoms with Gasteiger partial charge in [0, 0.05) is 10.0 Å². The molecule has 2 N–H and O–H groups in total. The summed E-state index contributed by atoms with van der Waals surface area (Å²) < 4.78 is 56.5. The molecule has 0 atom stereocenters. The summed E-state index contributed by atoms with van der Waals surface area (Å²) in [7, 11) is -4.56. The molecule has 5 nitrogen and oxygen atoms in total. The van der Waals surface area contributed by atoms with E-state index in [0.717, 1.165) is 12.1 Å². The number of nitrogens with two attached hydrogens (primary N) is 1. The molecular weight excluding hydrogens is 420 g/mol. The van der Waals surface area contributed by atoms with Gasteiger partial charge in [-0.15, -0.1) is 0 Å². The van der Waals surface area contributed by atoms with Gasteiger partial charge in [-0.1, -0.05) is 28.1 Å². The molecule has 3 rings (SSSR count). The van der Waals surface area contributed by atoms with Crippen LogP contribution in [0.1, 0.15) is 11.1 Å². The van der Waals surface area contributed by atoms with Crippen LogP contribution in [-0.2, 0) is 19.6 Å². The van der Waals surface area contributed by atoms with Gasteiger partial charge in [0.2, 0.25) is 10.0 Å². The van der Waals surface area contributed by atoms with Crippen molar-refractivity contribution >= 4 is 43.1 Å². The standard InChI is InChI=1S/C16H10BrF2NO4S/c17-10-3-1-2-8(4-10)14-11(7-24-16(14)21)9-5-12(18)15(13(19)6-9)25(20,22)23/h1-6H,7H2,(H2,20,22,23). The fraction of sp³-hybridized carbons (Fsp3) is 0.0625. The van der Waals surface area contributed by atoms with Gasteiger partial charge in [0.05, 0.1) is 5.57 Å². The molecule has 0 amide bonds. The van der Waals surface area contributed by atoms with Crippen molar-refractivity contribution in [2.45, 2.75) is 4.90 Å². The molecule has 0 saturated carbocycles. The Morgan fingerprint density at radius 1 is 1.08 bits per heavy atom. The number of halogens is 3. The molecule has 2 aromatic rings. The molecule has 0 bridgehead atoms. The lowest BCUT2D eigenvalue weighted by molar-refractivity contribution is -0.133. The first kappa shape index (κ1) is 17.7. The monoisotopic (exact) mass is 429 g/mol. The Morgan fingerprint density at radius 3 is 2.28 bits per heavy atom. The lowest BCUT2D eigenvalue weighted by Crippen LogP contribution is -2.16. The highest BCUT2D eigenvalue weighted by molar-refractivity contribution is 9.10. The normalized spacial score (nSPS) is 14.8. The van der Waals surface area contributed by atoms with Crippen LogP contribution in [0.5, 0.6) is 0 Å². The second-order valence-electron chi connectivity index (χ2n) is 5.25. The van der Waals surface area contributed by atoms with Gasteiger partial charge in [-0.25, -0.2) is 27.1 Å². The maximum atomic E-state index is 14.1. The Bertz CT molecular complexity index is 1010. The molecular formula is C16H10BrF2NO4S. The van der Waals surface area contributed by atoms with Gasteiger partial charge < -0.3 is 4.74 Å². The molecule has 9 heteroatoms. The smallest absolute Gasteiger partial charge is 0.339 e. The van der Waals surface area contributed by atoms with Crippen molar-refractivity contribution in [3.05, 3.63) is 63.6 Å². The molecule has 0 fully saturated rings. The Balaban J connectivity index is 2.22. The van der Waals surface area contributed by atoms with Crippen molar-refractivity contribution in [1.82, 2.24) is 0 Å². The van der Waals surface area contributed by atoms with Crippen LogP contribution in [-0.4, -0.2) is 21.0 Å². The van der Waals surface area contributed by atoms with Crippen molar-refractivity contribution in [1.29, 1.82) is 0 Å². The predicted octanol–water partition coefficient (Wildman–Crippen LogP) is 2.84. The van der Waals surface area contributed by atoms with E-state index in [9.17, 15) is 22.0 Å². The van der Waals surface area contributed by atoms with E-state index in [-0.39, 0.29) is 23.3 Å². The minimum Gasteiger partial charge on any atom is -0.457 e. The van der Waals surface area contributed by atoms with E-state index in [2.05, 4.69) is 15.9 Å². The third-order valence-electron chi connectivity index (χ3n) is 3.60. The molecule has 0 unspecified atom stereocenters. The number of hydrogen-bond acceptors (Lipinski definition) is 4. The van der Waals surface area contributed by atoms with Crippen LogP contribution < -0.4 is 5.14 Å². The Hall–Kier alpha value is -2.10. The first-order valence-electron chi connectivity index (χ1n) is 6.87. The van der Waals surface area contributed by atoms with E-state index in [1.165, 1.54) is 0 Å². The van der Waals surface area contributed by atoms with E-state index >= 15 is 0 Å². The molecule has 1 aliphatic heterocycles. The average Bonchev–Trinajstić information content (AvgIpc) is 2.86. The molecule has 0 radical (unpaired) electrons. The highest BCUT2D eigenvalue weighted by Gasteiger charge is 2.29. The van der Waals surface area contributed by atoms with E-state index in [4.69, 9.17) is 9.88 Å². The number of hydrogen-bond donors (Lipinski definition) is 1. The van der Waals surface area contributed by atoms with Gasteiger partial charge >= 0.3 is 5.97 Å². The number of esters is 1. The van der Waals surface area contributed by atoms with Crippen LogP contribution in [0, 0.1) is 11.6 Å². The molecule has 0 aromatic heterocycles. The van der Waals surface area contributed by atoms with Crippen molar-refractivity contribution in [3.63, 3.8) is 0 Å². The first-order chi connectivity index (χ1) is 11.7. The number of carbonyl (C=O) groups is 1. The SMILES string of the molecule is NS(=O)(=O)c1c(F)cc(C2=C(c3cccc(Br)c3)C(=O)OC2)cc1F.